The Balaban J connectivity index is 4.55. The molecule has 18 heavy (non-hydrogen) atoms. The van der Waals surface area contributed by atoms with Crippen LogP contribution in [-0.2, 0) is 4.43 Å². The molecule has 0 aliphatic rings. The van der Waals surface area contributed by atoms with Crippen LogP contribution in [0.15, 0.2) is 23.3 Å². The average Bonchev–Trinajstić information content (AvgIpc) is 2.13. The highest BCUT2D eigenvalue weighted by molar-refractivity contribution is 6.69. The number of hydrogen-bond acceptors (Lipinski definition) is 2. The smallest absolute Gasteiger partial charge is 0.185 e. The summed E-state index contributed by atoms with van der Waals surface area (Å²) in [6, 6.07) is 0. The summed E-state index contributed by atoms with van der Waals surface area (Å²) >= 11 is 0. The molecule has 0 aliphatic heterocycles. The number of hydrogen-bond donors (Lipinski definition) is 1. The highest BCUT2D eigenvalue weighted by Gasteiger charge is 2.20. The first-order valence-electron chi connectivity index (χ1n) is 6.65. The first-order valence-corrected chi connectivity index (χ1v) is 10.1. The molecule has 0 saturated heterocycles. The van der Waals surface area contributed by atoms with Gasteiger partial charge in [-0.1, -0.05) is 23.3 Å². The Morgan fingerprint density at radius 2 is 1.72 bits per heavy atom. The maximum Gasteiger partial charge on any atom is 0.185 e. The molecule has 0 aromatic heterocycles. The highest BCUT2D eigenvalue weighted by atomic mass is 28.4. The summed E-state index contributed by atoms with van der Waals surface area (Å²) in [5, 5.41) is 7.81. The summed E-state index contributed by atoms with van der Waals surface area (Å²) in [4.78, 5) is 0. The van der Waals surface area contributed by atoms with Gasteiger partial charge in [0.1, 0.15) is 6.10 Å². The van der Waals surface area contributed by atoms with E-state index >= 15 is 0 Å². The molecule has 0 amide bonds. The Bertz CT molecular complexity index is 333. The lowest BCUT2D eigenvalue weighted by Crippen LogP contribution is -2.34. The van der Waals surface area contributed by atoms with E-state index in [0.717, 1.165) is 12.8 Å². The molecule has 0 fully saturated rings. The summed E-state index contributed by atoms with van der Waals surface area (Å²) in [6.07, 6.45) is 6.34. The zero-order valence-corrected chi connectivity index (χ0v) is 14.1. The molecule has 0 aromatic rings. The Hall–Kier alpha value is -0.673. The van der Waals surface area contributed by atoms with Gasteiger partial charge in [-0.15, -0.1) is 0 Å². The second-order valence-corrected chi connectivity index (χ2v) is 10.6. The molecule has 1 atom stereocenters. The fourth-order valence-corrected chi connectivity index (χ4v) is 2.57. The Morgan fingerprint density at radius 1 is 1.17 bits per heavy atom. The van der Waals surface area contributed by atoms with E-state index < -0.39 is 8.32 Å². The van der Waals surface area contributed by atoms with Crippen molar-refractivity contribution in [2.24, 2.45) is 0 Å². The Morgan fingerprint density at radius 3 is 2.11 bits per heavy atom. The minimum atomic E-state index is -1.60. The molecule has 0 radical (unpaired) electrons. The molecule has 1 unspecified atom stereocenters. The van der Waals surface area contributed by atoms with Crippen LogP contribution in [0.25, 0.3) is 0 Å². The van der Waals surface area contributed by atoms with Crippen LogP contribution >= 0.6 is 0 Å². The fraction of sp³-hybridized carbons (Fsp3) is 0.667. The molecule has 0 spiro atoms. The lowest BCUT2D eigenvalue weighted by atomic mass is 10.1. The number of rotatable bonds is 7. The number of allylic oxidation sites excluding steroid dienone is 3. The molecule has 1 N–H and O–H groups in total. The first-order chi connectivity index (χ1) is 8.11. The molecular weight excluding hydrogens is 238 g/mol. The van der Waals surface area contributed by atoms with E-state index in [2.05, 4.69) is 52.6 Å². The normalized spacial score (nSPS) is 14.3. The van der Waals surface area contributed by atoms with Crippen molar-refractivity contribution < 1.29 is 4.43 Å². The molecule has 0 heterocycles. The summed E-state index contributed by atoms with van der Waals surface area (Å²) in [5.41, 5.74) is 3.27. The molecule has 0 bridgehead atoms. The zero-order valence-electron chi connectivity index (χ0n) is 13.1. The van der Waals surface area contributed by atoms with E-state index in [4.69, 9.17) is 9.84 Å². The van der Waals surface area contributed by atoms with Gasteiger partial charge in [0, 0.05) is 5.71 Å². The first kappa shape index (κ1) is 17.3. The van der Waals surface area contributed by atoms with E-state index in [1.807, 2.05) is 6.92 Å². The lowest BCUT2D eigenvalue weighted by molar-refractivity contribution is 0.303. The zero-order chi connectivity index (χ0) is 14.3. The molecular formula is C15H29NOSi. The Kier molecular flexibility index (Phi) is 7.41. The van der Waals surface area contributed by atoms with Gasteiger partial charge in [-0.05, 0) is 60.2 Å². The number of nitrogens with one attached hydrogen (secondary N) is 1. The van der Waals surface area contributed by atoms with Crippen LogP contribution < -0.4 is 0 Å². The van der Waals surface area contributed by atoms with E-state index in [-0.39, 0.29) is 6.10 Å². The third-order valence-corrected chi connectivity index (χ3v) is 3.40. The summed E-state index contributed by atoms with van der Waals surface area (Å²) in [5.74, 6) is 0. The van der Waals surface area contributed by atoms with E-state index in [0.29, 0.717) is 5.71 Å². The quantitative estimate of drug-likeness (QED) is 0.395. The second-order valence-electron chi connectivity index (χ2n) is 6.17. The van der Waals surface area contributed by atoms with Gasteiger partial charge in [-0.2, -0.15) is 0 Å². The van der Waals surface area contributed by atoms with Gasteiger partial charge < -0.3 is 9.84 Å². The third-order valence-electron chi connectivity index (χ3n) is 2.43. The molecule has 0 saturated carbocycles. The van der Waals surface area contributed by atoms with Crippen molar-refractivity contribution in [2.75, 3.05) is 0 Å². The maximum atomic E-state index is 7.81. The van der Waals surface area contributed by atoms with Crippen LogP contribution in [0.3, 0.4) is 0 Å². The monoisotopic (exact) mass is 267 g/mol. The van der Waals surface area contributed by atoms with Crippen molar-refractivity contribution >= 4 is 14.0 Å². The van der Waals surface area contributed by atoms with Crippen molar-refractivity contribution in [2.45, 2.75) is 66.3 Å². The second kappa shape index (κ2) is 7.69. The summed E-state index contributed by atoms with van der Waals surface area (Å²) in [6.45, 7) is 14.7. The van der Waals surface area contributed by atoms with Crippen LogP contribution in [0.1, 0.15) is 40.5 Å². The summed E-state index contributed by atoms with van der Waals surface area (Å²) < 4.78 is 6.02. The predicted molar refractivity (Wildman–Crippen MR) is 84.0 cm³/mol. The largest absolute Gasteiger partial charge is 0.406 e. The maximum absolute atomic E-state index is 7.81. The van der Waals surface area contributed by atoms with Crippen molar-refractivity contribution in [3.05, 3.63) is 23.3 Å². The van der Waals surface area contributed by atoms with Crippen LogP contribution in [-0.4, -0.2) is 20.1 Å². The van der Waals surface area contributed by atoms with Gasteiger partial charge in [-0.3, -0.25) is 0 Å². The van der Waals surface area contributed by atoms with Gasteiger partial charge in [0.05, 0.1) is 0 Å². The lowest BCUT2D eigenvalue weighted by Gasteiger charge is -2.24. The van der Waals surface area contributed by atoms with E-state index in [1.165, 1.54) is 11.1 Å². The van der Waals surface area contributed by atoms with Gasteiger partial charge in [-0.25, -0.2) is 0 Å². The van der Waals surface area contributed by atoms with Crippen LogP contribution in [0.2, 0.25) is 19.6 Å². The van der Waals surface area contributed by atoms with Gasteiger partial charge in [0.2, 0.25) is 0 Å². The Labute approximate surface area is 114 Å². The standard InChI is InChI=1S/C15H29NOSi/c1-12(2)9-8-10-13(3)11-15(14(4)16)17-18(5,6)7/h9,11,15-16H,8,10H2,1-7H3/b13-11-,16-14?. The summed E-state index contributed by atoms with van der Waals surface area (Å²) in [7, 11) is -1.60. The highest BCUT2D eigenvalue weighted by Crippen LogP contribution is 2.14. The molecule has 0 aliphatic carbocycles. The van der Waals surface area contributed by atoms with Gasteiger partial charge in [0.15, 0.2) is 8.32 Å². The van der Waals surface area contributed by atoms with Crippen molar-refractivity contribution in [3.8, 4) is 0 Å². The third kappa shape index (κ3) is 9.37. The molecule has 0 rings (SSSR count). The topological polar surface area (TPSA) is 33.1 Å². The molecule has 2 nitrogen and oxygen atoms in total. The minimum Gasteiger partial charge on any atom is -0.406 e. The van der Waals surface area contributed by atoms with Gasteiger partial charge in [0.25, 0.3) is 0 Å². The predicted octanol–water partition coefficient (Wildman–Crippen LogP) is 4.94. The SMILES string of the molecule is CC(=N)C(/C=C(/C)CCC=C(C)C)O[Si](C)(C)C. The van der Waals surface area contributed by atoms with Crippen molar-refractivity contribution in [3.63, 3.8) is 0 Å². The van der Waals surface area contributed by atoms with Crippen LogP contribution in [0.5, 0.6) is 0 Å². The van der Waals surface area contributed by atoms with Crippen molar-refractivity contribution in [1.82, 2.24) is 0 Å². The van der Waals surface area contributed by atoms with Crippen molar-refractivity contribution in [1.29, 1.82) is 5.41 Å². The van der Waals surface area contributed by atoms with E-state index in [9.17, 15) is 0 Å². The van der Waals surface area contributed by atoms with Crippen LogP contribution in [0.4, 0.5) is 0 Å². The molecule has 0 aromatic carbocycles. The average molecular weight is 267 g/mol. The van der Waals surface area contributed by atoms with E-state index in [1.54, 1.807) is 0 Å². The molecule has 3 heteroatoms. The molecule has 104 valence electrons. The minimum absolute atomic E-state index is 0.136. The van der Waals surface area contributed by atoms with Gasteiger partial charge >= 0.3 is 0 Å². The fourth-order valence-electron chi connectivity index (χ4n) is 1.56. The van der Waals surface area contributed by atoms with Crippen LogP contribution in [0, 0.1) is 5.41 Å².